The van der Waals surface area contributed by atoms with Crippen LogP contribution in [0.1, 0.15) is 45.7 Å². The molecule has 2 heterocycles. The summed E-state index contributed by atoms with van der Waals surface area (Å²) < 4.78 is 31.4. The zero-order valence-electron chi connectivity index (χ0n) is 17.8. The van der Waals surface area contributed by atoms with E-state index in [4.69, 9.17) is 16.0 Å². The van der Waals surface area contributed by atoms with Crippen LogP contribution in [0, 0.1) is 5.82 Å². The van der Waals surface area contributed by atoms with Crippen LogP contribution >= 0.6 is 11.3 Å². The second kappa shape index (κ2) is 9.17. The first-order valence-electron chi connectivity index (χ1n) is 10.2. The van der Waals surface area contributed by atoms with Crippen LogP contribution in [0.2, 0.25) is 0 Å². The average molecular weight is 490 g/mol. The van der Waals surface area contributed by atoms with Crippen molar-refractivity contribution in [2.75, 3.05) is 10.6 Å². The number of ketones is 1. The molecule has 1 saturated carbocycles. The fourth-order valence-electron chi connectivity index (χ4n) is 3.34. The van der Waals surface area contributed by atoms with Crippen LogP contribution < -0.4 is 21.7 Å². The molecule has 5 N–H and O–H groups in total. The molecule has 0 radical (unpaired) electrons. The minimum absolute atomic E-state index is 0.0128. The Labute approximate surface area is 195 Å². The number of nitrogens with two attached hydrogens (primary N) is 2. The smallest absolute Gasteiger partial charge is 0.273 e. The van der Waals surface area contributed by atoms with E-state index in [1.54, 1.807) is 0 Å². The van der Waals surface area contributed by atoms with Crippen LogP contribution in [0.15, 0.2) is 34.9 Å². The zero-order valence-corrected chi connectivity index (χ0v) is 18.6. The Bertz CT molecular complexity index is 1240. The molecule has 13 heteroatoms. The number of thiazole rings is 1. The number of anilines is 3. The van der Waals surface area contributed by atoms with E-state index in [9.17, 15) is 23.2 Å². The molecule has 10 nitrogen and oxygen atoms in total. The number of alkyl halides is 1. The molecule has 1 aliphatic rings. The van der Waals surface area contributed by atoms with Crippen molar-refractivity contribution in [1.82, 2.24) is 15.5 Å². The highest BCUT2D eigenvalue weighted by Crippen LogP contribution is 2.36. The molecule has 1 aromatic carbocycles. The van der Waals surface area contributed by atoms with Gasteiger partial charge in [0.1, 0.15) is 28.7 Å². The molecule has 0 saturated heterocycles. The van der Waals surface area contributed by atoms with Gasteiger partial charge in [0.15, 0.2) is 10.8 Å². The summed E-state index contributed by atoms with van der Waals surface area (Å²) in [6.45, 7) is 1.53. The number of aromatic nitrogens is 2. The third-order valence-corrected chi connectivity index (χ3v) is 6.41. The molecular formula is C21H20F2N6O4S. The first-order valence-corrected chi connectivity index (χ1v) is 11.0. The summed E-state index contributed by atoms with van der Waals surface area (Å²) in [5, 5.41) is 6.38. The SMILES string of the molecule is CC(C(N)=O)N(c1ccc(F)cc1)c1nc(N)c(C(=O)c2cc(C(=O)N[C@H]3C[C@@H](F)C3)no2)s1. The molecule has 2 aromatic heterocycles. The summed E-state index contributed by atoms with van der Waals surface area (Å²) in [6.07, 6.45) is -0.483. The molecule has 0 bridgehead atoms. The molecule has 1 unspecified atom stereocenters. The topological polar surface area (TPSA) is 157 Å². The number of carbonyl (C=O) groups is 3. The summed E-state index contributed by atoms with van der Waals surface area (Å²) in [6, 6.07) is 5.25. The lowest BCUT2D eigenvalue weighted by molar-refractivity contribution is -0.118. The molecule has 2 amide bonds. The first-order chi connectivity index (χ1) is 16.1. The number of benzene rings is 1. The molecule has 1 fully saturated rings. The van der Waals surface area contributed by atoms with E-state index in [1.807, 2.05) is 0 Å². The highest BCUT2D eigenvalue weighted by atomic mass is 32.1. The molecule has 1 atom stereocenters. The largest absolute Gasteiger partial charge is 0.382 e. The quantitative estimate of drug-likeness (QED) is 0.406. The van der Waals surface area contributed by atoms with Crippen LogP contribution in [0.4, 0.5) is 25.4 Å². The summed E-state index contributed by atoms with van der Waals surface area (Å²) in [5.41, 5.74) is 11.7. The Morgan fingerprint density at radius 2 is 1.94 bits per heavy atom. The maximum Gasteiger partial charge on any atom is 0.273 e. The van der Waals surface area contributed by atoms with Crippen LogP contribution in [-0.2, 0) is 4.79 Å². The molecule has 1 aliphatic carbocycles. The molecule has 178 valence electrons. The summed E-state index contributed by atoms with van der Waals surface area (Å²) >= 11 is 0.865. The Balaban J connectivity index is 1.58. The van der Waals surface area contributed by atoms with Gasteiger partial charge in [-0.15, -0.1) is 0 Å². The third kappa shape index (κ3) is 4.59. The van der Waals surface area contributed by atoms with Gasteiger partial charge in [0.2, 0.25) is 17.5 Å². The number of nitrogens with zero attached hydrogens (tertiary/aromatic N) is 3. The van der Waals surface area contributed by atoms with Crippen LogP contribution in [0.25, 0.3) is 0 Å². The van der Waals surface area contributed by atoms with E-state index >= 15 is 0 Å². The van der Waals surface area contributed by atoms with Gasteiger partial charge in [-0.25, -0.2) is 13.8 Å². The molecule has 3 aromatic rings. The number of hydrogen-bond acceptors (Lipinski definition) is 9. The third-order valence-electron chi connectivity index (χ3n) is 5.34. The fraction of sp³-hybridized carbons (Fsp3) is 0.286. The van der Waals surface area contributed by atoms with Crippen molar-refractivity contribution in [3.63, 3.8) is 0 Å². The summed E-state index contributed by atoms with van der Waals surface area (Å²) in [7, 11) is 0. The van der Waals surface area contributed by atoms with Gasteiger partial charge in [0, 0.05) is 17.8 Å². The highest BCUT2D eigenvalue weighted by molar-refractivity contribution is 7.18. The first kappa shape index (κ1) is 23.3. The predicted octanol–water partition coefficient (Wildman–Crippen LogP) is 2.33. The van der Waals surface area contributed by atoms with Crippen molar-refractivity contribution >= 4 is 45.6 Å². The monoisotopic (exact) mass is 490 g/mol. The maximum atomic E-state index is 13.4. The minimum atomic E-state index is -0.935. The van der Waals surface area contributed by atoms with Crippen molar-refractivity contribution in [2.24, 2.45) is 5.73 Å². The van der Waals surface area contributed by atoms with Gasteiger partial charge >= 0.3 is 0 Å². The molecule has 0 aliphatic heterocycles. The van der Waals surface area contributed by atoms with Gasteiger partial charge in [0.25, 0.3) is 5.91 Å². The highest BCUT2D eigenvalue weighted by Gasteiger charge is 2.32. The van der Waals surface area contributed by atoms with Crippen LogP contribution in [0.5, 0.6) is 0 Å². The van der Waals surface area contributed by atoms with E-state index in [2.05, 4.69) is 15.5 Å². The van der Waals surface area contributed by atoms with E-state index < -0.39 is 35.6 Å². The fourth-order valence-corrected chi connectivity index (χ4v) is 4.37. The van der Waals surface area contributed by atoms with Gasteiger partial charge in [0.05, 0.1) is 0 Å². The van der Waals surface area contributed by atoms with Gasteiger partial charge in [-0.1, -0.05) is 16.5 Å². The Morgan fingerprint density at radius 1 is 1.26 bits per heavy atom. The van der Waals surface area contributed by atoms with Crippen molar-refractivity contribution in [1.29, 1.82) is 0 Å². The molecular weight excluding hydrogens is 470 g/mol. The van der Waals surface area contributed by atoms with Crippen molar-refractivity contribution in [3.8, 4) is 0 Å². The summed E-state index contributed by atoms with van der Waals surface area (Å²) in [4.78, 5) is 42.7. The van der Waals surface area contributed by atoms with Crippen molar-refractivity contribution in [3.05, 3.63) is 52.5 Å². The maximum absolute atomic E-state index is 13.4. The van der Waals surface area contributed by atoms with Gasteiger partial charge in [-0.05, 0) is 44.0 Å². The predicted molar refractivity (Wildman–Crippen MR) is 119 cm³/mol. The number of nitrogens with one attached hydrogen (secondary N) is 1. The average Bonchev–Trinajstić information content (AvgIpc) is 3.41. The second-order valence-electron chi connectivity index (χ2n) is 7.78. The van der Waals surface area contributed by atoms with E-state index in [1.165, 1.54) is 36.1 Å². The van der Waals surface area contributed by atoms with Crippen LogP contribution in [-0.4, -0.2) is 46.0 Å². The van der Waals surface area contributed by atoms with Gasteiger partial charge in [-0.3, -0.25) is 14.4 Å². The molecule has 0 spiro atoms. The van der Waals surface area contributed by atoms with Crippen LogP contribution in [0.3, 0.4) is 0 Å². The number of carbonyl (C=O) groups excluding carboxylic acids is 3. The van der Waals surface area contributed by atoms with Crippen molar-refractivity contribution < 1.29 is 27.7 Å². The minimum Gasteiger partial charge on any atom is -0.382 e. The summed E-state index contributed by atoms with van der Waals surface area (Å²) in [5.74, 6) is -2.80. The Hall–Kier alpha value is -3.87. The number of nitrogen functional groups attached to an aromatic ring is 1. The number of halogens is 2. The lowest BCUT2D eigenvalue weighted by atomic mass is 9.91. The Kier molecular flexibility index (Phi) is 6.28. The number of rotatable bonds is 8. The van der Waals surface area contributed by atoms with Gasteiger partial charge in [-0.2, -0.15) is 0 Å². The lowest BCUT2D eigenvalue weighted by Gasteiger charge is -2.29. The number of primary amides is 1. The molecule has 34 heavy (non-hydrogen) atoms. The van der Waals surface area contributed by atoms with E-state index in [0.29, 0.717) is 5.69 Å². The van der Waals surface area contributed by atoms with E-state index in [0.717, 1.165) is 17.4 Å². The zero-order chi connectivity index (χ0) is 24.6. The normalized spacial score (nSPS) is 18.1. The lowest BCUT2D eigenvalue weighted by Crippen LogP contribution is -2.45. The standard InChI is InChI=1S/C21H20F2N6O4S/c1-9(19(25)31)29(13-4-2-10(22)3-5-13)21-27-18(24)17(34-21)16(30)15-8-14(28-33-15)20(32)26-12-6-11(23)7-12/h2-5,8-9,11-12H,6-7,24H2,1H3,(H2,25,31)(H,26,32)/t9?,11-,12+. The van der Waals surface area contributed by atoms with Gasteiger partial charge < -0.3 is 26.2 Å². The van der Waals surface area contributed by atoms with E-state index in [-0.39, 0.29) is 46.2 Å². The number of amides is 2. The Morgan fingerprint density at radius 3 is 2.56 bits per heavy atom. The number of hydrogen-bond donors (Lipinski definition) is 3. The second-order valence-corrected chi connectivity index (χ2v) is 8.76. The van der Waals surface area contributed by atoms with Crippen molar-refractivity contribution in [2.45, 2.75) is 38.0 Å². The molecule has 4 rings (SSSR count).